The number of carbonyl (C=O) groups excluding carboxylic acids is 1. The molecule has 1 N–H and O–H groups in total. The smallest absolute Gasteiger partial charge is 0.309 e. The summed E-state index contributed by atoms with van der Waals surface area (Å²) in [7, 11) is 0. The van der Waals surface area contributed by atoms with Gasteiger partial charge >= 0.3 is 5.97 Å². The largest absolute Gasteiger partial charge is 0.478 e. The van der Waals surface area contributed by atoms with Crippen molar-refractivity contribution in [3.05, 3.63) is 71.0 Å². The lowest BCUT2D eigenvalue weighted by atomic mass is 10.0. The second-order valence-corrected chi connectivity index (χ2v) is 10.6. The van der Waals surface area contributed by atoms with E-state index in [0.717, 1.165) is 34.4 Å². The van der Waals surface area contributed by atoms with Gasteiger partial charge in [-0.15, -0.1) is 0 Å². The van der Waals surface area contributed by atoms with Crippen LogP contribution in [0.3, 0.4) is 0 Å². The first-order valence-corrected chi connectivity index (χ1v) is 12.9. The molecule has 194 valence electrons. The average Bonchev–Trinajstić information content (AvgIpc) is 3.44. The van der Waals surface area contributed by atoms with Gasteiger partial charge in [0, 0.05) is 41.9 Å². The van der Waals surface area contributed by atoms with Crippen LogP contribution >= 0.6 is 0 Å². The molecule has 5 rings (SSSR count). The van der Waals surface area contributed by atoms with Gasteiger partial charge in [-0.1, -0.05) is 18.2 Å². The number of esters is 1. The maximum atomic E-state index is 12.1. The summed E-state index contributed by atoms with van der Waals surface area (Å²) in [6.45, 7) is 8.58. The van der Waals surface area contributed by atoms with Gasteiger partial charge < -0.3 is 19.3 Å². The van der Waals surface area contributed by atoms with E-state index in [1.165, 1.54) is 5.56 Å². The molecule has 2 aromatic heterocycles. The van der Waals surface area contributed by atoms with Crippen molar-refractivity contribution in [2.45, 2.75) is 58.7 Å². The van der Waals surface area contributed by atoms with E-state index in [4.69, 9.17) is 14.2 Å². The fourth-order valence-electron chi connectivity index (χ4n) is 5.22. The van der Waals surface area contributed by atoms with Crippen molar-refractivity contribution in [2.24, 2.45) is 11.8 Å². The van der Waals surface area contributed by atoms with Crippen LogP contribution in [0.1, 0.15) is 55.5 Å². The SMILES string of the molecule is CCOC(=O)[C@H]1[C@@H]2Cc3cc(OCc4cccc(-c5ccc(OCCC(C)(C)O)nc5C)c4)ncc3[C@@H]21. The van der Waals surface area contributed by atoms with Gasteiger partial charge in [-0.3, -0.25) is 4.79 Å². The maximum absolute atomic E-state index is 12.1. The summed E-state index contributed by atoms with van der Waals surface area (Å²) in [5, 5.41) is 9.85. The molecule has 2 heterocycles. The van der Waals surface area contributed by atoms with Crippen molar-refractivity contribution < 1.29 is 24.1 Å². The van der Waals surface area contributed by atoms with Gasteiger partial charge in [-0.2, -0.15) is 0 Å². The molecule has 0 bridgehead atoms. The summed E-state index contributed by atoms with van der Waals surface area (Å²) in [6, 6.07) is 14.1. The Morgan fingerprint density at radius 1 is 1.14 bits per heavy atom. The number of nitrogens with zero attached hydrogens (tertiary/aromatic N) is 2. The standard InChI is InChI=1S/C30H34N2O5/c1-5-35-29(33)28-23-14-21-15-26(31-16-24(21)27(23)28)37-17-19-7-6-8-20(13-19)22-9-10-25(32-18(22)2)36-12-11-30(3,4)34/h6-10,13,15-16,23,27-28,34H,5,11-12,14,17H2,1-4H3/t23-,27-,28+/m1/s1. The lowest BCUT2D eigenvalue weighted by Gasteiger charge is -2.17. The summed E-state index contributed by atoms with van der Waals surface area (Å²) < 4.78 is 17.0. The van der Waals surface area contributed by atoms with Crippen molar-refractivity contribution in [3.8, 4) is 22.9 Å². The van der Waals surface area contributed by atoms with E-state index in [2.05, 4.69) is 22.1 Å². The van der Waals surface area contributed by atoms with E-state index in [0.29, 0.717) is 43.9 Å². The third kappa shape index (κ3) is 5.62. The molecule has 0 radical (unpaired) electrons. The quantitative estimate of drug-likeness (QED) is 0.389. The second kappa shape index (κ2) is 10.1. The Morgan fingerprint density at radius 3 is 2.73 bits per heavy atom. The lowest BCUT2D eigenvalue weighted by molar-refractivity contribution is -0.145. The molecular weight excluding hydrogens is 468 g/mol. The molecule has 7 nitrogen and oxygen atoms in total. The van der Waals surface area contributed by atoms with Crippen molar-refractivity contribution in [1.29, 1.82) is 0 Å². The van der Waals surface area contributed by atoms with E-state index < -0.39 is 5.60 Å². The maximum Gasteiger partial charge on any atom is 0.309 e. The number of rotatable bonds is 10. The average molecular weight is 503 g/mol. The number of aryl methyl sites for hydroxylation is 1. The van der Waals surface area contributed by atoms with Gasteiger partial charge in [0.15, 0.2) is 0 Å². The van der Waals surface area contributed by atoms with Crippen molar-refractivity contribution >= 4 is 5.97 Å². The van der Waals surface area contributed by atoms with Gasteiger partial charge in [-0.05, 0) is 74.4 Å². The number of aromatic nitrogens is 2. The van der Waals surface area contributed by atoms with E-state index in [9.17, 15) is 9.90 Å². The number of hydrogen-bond donors (Lipinski definition) is 1. The predicted molar refractivity (Wildman–Crippen MR) is 139 cm³/mol. The van der Waals surface area contributed by atoms with E-state index in [-0.39, 0.29) is 17.8 Å². The van der Waals surface area contributed by atoms with Crippen LogP contribution in [-0.4, -0.2) is 39.9 Å². The molecule has 0 unspecified atom stereocenters. The van der Waals surface area contributed by atoms with Crippen LogP contribution in [0.25, 0.3) is 11.1 Å². The van der Waals surface area contributed by atoms with Crippen molar-refractivity contribution in [1.82, 2.24) is 9.97 Å². The third-order valence-corrected chi connectivity index (χ3v) is 7.19. The van der Waals surface area contributed by atoms with E-state index in [1.807, 2.05) is 50.4 Å². The van der Waals surface area contributed by atoms with Crippen molar-refractivity contribution in [2.75, 3.05) is 13.2 Å². The second-order valence-electron chi connectivity index (χ2n) is 10.6. The molecule has 1 aromatic carbocycles. The highest BCUT2D eigenvalue weighted by atomic mass is 16.5. The van der Waals surface area contributed by atoms with Gasteiger partial charge in [0.25, 0.3) is 0 Å². The normalized spacial score (nSPS) is 19.6. The summed E-state index contributed by atoms with van der Waals surface area (Å²) in [6.07, 6.45) is 3.28. The summed E-state index contributed by atoms with van der Waals surface area (Å²) >= 11 is 0. The zero-order valence-corrected chi connectivity index (χ0v) is 21.9. The van der Waals surface area contributed by atoms with Crippen LogP contribution < -0.4 is 9.47 Å². The Balaban J connectivity index is 1.20. The number of ether oxygens (including phenoxy) is 3. The zero-order chi connectivity index (χ0) is 26.2. The van der Waals surface area contributed by atoms with Crippen LogP contribution in [0.15, 0.2) is 48.7 Å². The number of benzene rings is 1. The highest BCUT2D eigenvalue weighted by Gasteiger charge is 2.60. The molecule has 37 heavy (non-hydrogen) atoms. The molecule has 0 aliphatic heterocycles. The van der Waals surface area contributed by atoms with Crippen LogP contribution in [0.2, 0.25) is 0 Å². The molecule has 0 spiro atoms. The van der Waals surface area contributed by atoms with Gasteiger partial charge in [-0.25, -0.2) is 9.97 Å². The first-order valence-electron chi connectivity index (χ1n) is 12.9. The fourth-order valence-corrected chi connectivity index (χ4v) is 5.22. The lowest BCUT2D eigenvalue weighted by Crippen LogP contribution is -2.22. The first kappa shape index (κ1) is 25.2. The molecule has 0 saturated heterocycles. The summed E-state index contributed by atoms with van der Waals surface area (Å²) in [5.74, 6) is 1.67. The summed E-state index contributed by atoms with van der Waals surface area (Å²) in [5.41, 5.74) is 5.62. The Morgan fingerprint density at radius 2 is 1.97 bits per heavy atom. The van der Waals surface area contributed by atoms with E-state index >= 15 is 0 Å². The Labute approximate surface area is 217 Å². The zero-order valence-electron chi connectivity index (χ0n) is 21.9. The van der Waals surface area contributed by atoms with Gasteiger partial charge in [0.1, 0.15) is 6.61 Å². The van der Waals surface area contributed by atoms with E-state index in [1.54, 1.807) is 13.8 Å². The molecule has 3 aromatic rings. The van der Waals surface area contributed by atoms with Crippen LogP contribution in [0, 0.1) is 18.8 Å². The highest BCUT2D eigenvalue weighted by molar-refractivity contribution is 5.79. The summed E-state index contributed by atoms with van der Waals surface area (Å²) in [4.78, 5) is 21.2. The first-order chi connectivity index (χ1) is 17.7. The fraction of sp³-hybridized carbons (Fsp3) is 0.433. The minimum Gasteiger partial charge on any atom is -0.478 e. The van der Waals surface area contributed by atoms with Gasteiger partial charge in [0.05, 0.1) is 24.7 Å². The topological polar surface area (TPSA) is 90.8 Å². The molecular formula is C30H34N2O5. The Bertz CT molecular complexity index is 1300. The minimum absolute atomic E-state index is 0.00461. The molecule has 1 saturated carbocycles. The third-order valence-electron chi connectivity index (χ3n) is 7.19. The van der Waals surface area contributed by atoms with Crippen LogP contribution in [0.4, 0.5) is 0 Å². The van der Waals surface area contributed by atoms with Crippen molar-refractivity contribution in [3.63, 3.8) is 0 Å². The number of aliphatic hydroxyl groups is 1. The Hall–Kier alpha value is -3.45. The molecule has 3 atom stereocenters. The number of hydrogen-bond acceptors (Lipinski definition) is 7. The molecule has 7 heteroatoms. The van der Waals surface area contributed by atoms with Crippen LogP contribution in [0.5, 0.6) is 11.8 Å². The molecule has 0 amide bonds. The number of pyridine rings is 2. The monoisotopic (exact) mass is 502 g/mol. The molecule has 2 aliphatic rings. The molecule has 2 aliphatic carbocycles. The number of carbonyl (C=O) groups is 1. The van der Waals surface area contributed by atoms with Gasteiger partial charge in [0.2, 0.25) is 11.8 Å². The Kier molecular flexibility index (Phi) is 6.90. The number of fused-ring (bicyclic) bond motifs is 3. The van der Waals surface area contributed by atoms with Crippen LogP contribution in [-0.2, 0) is 22.6 Å². The predicted octanol–water partition coefficient (Wildman–Crippen LogP) is 5.02. The highest BCUT2D eigenvalue weighted by Crippen LogP contribution is 2.61. The molecule has 1 fully saturated rings. The minimum atomic E-state index is -0.764.